The van der Waals surface area contributed by atoms with Crippen LogP contribution in [0, 0.1) is 19.8 Å². The van der Waals surface area contributed by atoms with E-state index in [9.17, 15) is 15.0 Å². The normalized spacial score (nSPS) is 21.7. The van der Waals surface area contributed by atoms with E-state index in [1.807, 2.05) is 0 Å². The number of thiazole rings is 1. The Morgan fingerprint density at radius 3 is 2.55 bits per heavy atom. The maximum absolute atomic E-state index is 11.4. The van der Waals surface area contributed by atoms with Crippen molar-refractivity contribution in [3.63, 3.8) is 0 Å². The minimum Gasteiger partial charge on any atom is -0.478 e. The van der Waals surface area contributed by atoms with E-state index < -0.39 is 11.6 Å². The van der Waals surface area contributed by atoms with Gasteiger partial charge in [-0.25, -0.2) is 9.78 Å². The molecule has 0 radical (unpaired) electrons. The number of benzene rings is 2. The van der Waals surface area contributed by atoms with Crippen LogP contribution < -0.4 is 0 Å². The molecule has 8 heteroatoms. The zero-order valence-corrected chi connectivity index (χ0v) is 22.5. The van der Waals surface area contributed by atoms with Crippen molar-refractivity contribution in [1.82, 2.24) is 10.1 Å². The molecule has 38 heavy (non-hydrogen) atoms. The van der Waals surface area contributed by atoms with Crippen LogP contribution in [-0.4, -0.2) is 32.9 Å². The Kier molecular flexibility index (Phi) is 6.58. The summed E-state index contributed by atoms with van der Waals surface area (Å²) in [7, 11) is 0. The molecule has 2 N–H and O–H groups in total. The van der Waals surface area contributed by atoms with Crippen LogP contribution in [0.1, 0.15) is 82.3 Å². The summed E-state index contributed by atoms with van der Waals surface area (Å²) < 4.78 is 12.9. The van der Waals surface area contributed by atoms with E-state index in [4.69, 9.17) is 9.26 Å². The first-order chi connectivity index (χ1) is 18.3. The zero-order chi connectivity index (χ0) is 26.4. The Bertz CT molecular complexity index is 1470. The summed E-state index contributed by atoms with van der Waals surface area (Å²) in [5.74, 6) is 0.820. The third kappa shape index (κ3) is 4.77. The highest BCUT2D eigenvalue weighted by molar-refractivity contribution is 7.18. The Morgan fingerprint density at radius 2 is 1.87 bits per heavy atom. The first kappa shape index (κ1) is 25.2. The van der Waals surface area contributed by atoms with E-state index in [2.05, 4.69) is 42.2 Å². The Morgan fingerprint density at radius 1 is 1.13 bits per heavy atom. The average molecular weight is 533 g/mol. The fourth-order valence-corrected chi connectivity index (χ4v) is 6.78. The Hall–Kier alpha value is -3.07. The largest absolute Gasteiger partial charge is 0.478 e. The fraction of sp³-hybridized carbons (Fsp3) is 0.433. The summed E-state index contributed by atoms with van der Waals surface area (Å²) in [4.78, 5) is 15.9. The molecule has 0 unspecified atom stereocenters. The molecule has 7 nitrogen and oxygen atoms in total. The molecule has 2 aliphatic rings. The lowest BCUT2D eigenvalue weighted by Gasteiger charge is -2.34. The number of fused-ring (bicyclic) bond motifs is 1. The van der Waals surface area contributed by atoms with Crippen LogP contribution in [-0.2, 0) is 16.9 Å². The van der Waals surface area contributed by atoms with E-state index in [0.717, 1.165) is 58.5 Å². The highest BCUT2D eigenvalue weighted by atomic mass is 32.1. The summed E-state index contributed by atoms with van der Waals surface area (Å²) >= 11 is 1.39. The van der Waals surface area contributed by atoms with Crippen LogP contribution >= 0.6 is 11.3 Å². The molecule has 6 rings (SSSR count). The van der Waals surface area contributed by atoms with E-state index >= 15 is 0 Å². The van der Waals surface area contributed by atoms with Crippen molar-refractivity contribution < 1.29 is 24.3 Å². The van der Waals surface area contributed by atoms with Crippen LogP contribution in [0.15, 0.2) is 40.9 Å². The van der Waals surface area contributed by atoms with Crippen molar-refractivity contribution in [2.75, 3.05) is 6.61 Å². The van der Waals surface area contributed by atoms with Crippen LogP contribution in [0.4, 0.5) is 0 Å². The predicted octanol–water partition coefficient (Wildman–Crippen LogP) is 6.74. The van der Waals surface area contributed by atoms with Crippen molar-refractivity contribution in [2.24, 2.45) is 5.92 Å². The smallest absolute Gasteiger partial charge is 0.335 e. The highest BCUT2D eigenvalue weighted by Gasteiger charge is 2.38. The fourth-order valence-electron chi connectivity index (χ4n) is 5.63. The predicted molar refractivity (Wildman–Crippen MR) is 145 cm³/mol. The zero-order valence-electron chi connectivity index (χ0n) is 21.7. The molecule has 2 saturated carbocycles. The van der Waals surface area contributed by atoms with Crippen molar-refractivity contribution in [2.45, 2.75) is 70.5 Å². The molecular weight excluding hydrogens is 500 g/mol. The van der Waals surface area contributed by atoms with Crippen molar-refractivity contribution in [3.05, 3.63) is 69.4 Å². The minimum absolute atomic E-state index is 0.235. The number of aryl methyl sites for hydroxylation is 2. The van der Waals surface area contributed by atoms with Gasteiger partial charge in [0.25, 0.3) is 0 Å². The summed E-state index contributed by atoms with van der Waals surface area (Å²) in [5.41, 5.74) is 5.47. The Labute approximate surface area is 225 Å². The second kappa shape index (κ2) is 9.91. The topological polar surface area (TPSA) is 106 Å². The van der Waals surface area contributed by atoms with Gasteiger partial charge in [-0.15, -0.1) is 11.3 Å². The van der Waals surface area contributed by atoms with Gasteiger partial charge in [0.2, 0.25) is 0 Å². The molecule has 4 aromatic rings. The number of nitrogens with zero attached hydrogens (tertiary/aromatic N) is 2. The van der Waals surface area contributed by atoms with Crippen LogP contribution in [0.25, 0.3) is 21.5 Å². The summed E-state index contributed by atoms with van der Waals surface area (Å²) in [6, 6.07) is 11.2. The van der Waals surface area contributed by atoms with E-state index in [0.29, 0.717) is 42.9 Å². The van der Waals surface area contributed by atoms with Gasteiger partial charge in [0.05, 0.1) is 22.4 Å². The number of aromatic nitrogens is 2. The Balaban J connectivity index is 1.11. The monoisotopic (exact) mass is 532 g/mol. The average Bonchev–Trinajstić information content (AvgIpc) is 3.51. The number of rotatable bonds is 8. The van der Waals surface area contributed by atoms with Crippen molar-refractivity contribution in [1.29, 1.82) is 0 Å². The second-order valence-corrected chi connectivity index (χ2v) is 11.9. The number of carboxylic acid groups (broad SMARTS) is 1. The van der Waals surface area contributed by atoms with Gasteiger partial charge in [-0.1, -0.05) is 23.4 Å². The quantitative estimate of drug-likeness (QED) is 0.259. The van der Waals surface area contributed by atoms with Gasteiger partial charge in [0, 0.05) is 23.7 Å². The number of aromatic carboxylic acids is 1. The highest BCUT2D eigenvalue weighted by Crippen LogP contribution is 2.46. The first-order valence-electron chi connectivity index (χ1n) is 13.3. The molecule has 198 valence electrons. The van der Waals surface area contributed by atoms with E-state index in [1.54, 1.807) is 18.2 Å². The molecule has 2 aromatic carbocycles. The third-order valence-electron chi connectivity index (χ3n) is 8.05. The maximum atomic E-state index is 11.4. The molecule has 0 spiro atoms. The molecule has 2 fully saturated rings. The lowest BCUT2D eigenvalue weighted by molar-refractivity contribution is -0.0302. The van der Waals surface area contributed by atoms with Gasteiger partial charge < -0.3 is 19.5 Å². The van der Waals surface area contributed by atoms with Crippen molar-refractivity contribution >= 4 is 27.5 Å². The van der Waals surface area contributed by atoms with Gasteiger partial charge in [0.1, 0.15) is 22.1 Å². The van der Waals surface area contributed by atoms with Gasteiger partial charge in [-0.05, 0) is 87.6 Å². The lowest BCUT2D eigenvalue weighted by Crippen LogP contribution is -2.32. The maximum Gasteiger partial charge on any atom is 0.335 e. The molecule has 2 aromatic heterocycles. The minimum atomic E-state index is -0.979. The number of carbonyl (C=O) groups is 1. The first-order valence-corrected chi connectivity index (χ1v) is 14.1. The summed E-state index contributed by atoms with van der Waals surface area (Å²) in [6.45, 7) is 5.32. The van der Waals surface area contributed by atoms with E-state index in [1.165, 1.54) is 22.5 Å². The SMILES string of the molecule is Cc1cccc(C)c1-c1noc(C2CC2)c1COCC1CCC(O)(c2nc3ccc(C(=O)O)cc3s2)CC1. The molecule has 2 heterocycles. The summed E-state index contributed by atoms with van der Waals surface area (Å²) in [5, 5.41) is 25.8. The van der Waals surface area contributed by atoms with Gasteiger partial charge in [-0.3, -0.25) is 0 Å². The van der Waals surface area contributed by atoms with Crippen molar-refractivity contribution in [3.8, 4) is 11.3 Å². The molecule has 0 atom stereocenters. The van der Waals surface area contributed by atoms with Gasteiger partial charge >= 0.3 is 5.97 Å². The van der Waals surface area contributed by atoms with Crippen LogP contribution in [0.5, 0.6) is 0 Å². The molecular formula is C30H32N2O5S. The van der Waals surface area contributed by atoms with Crippen LogP contribution in [0.3, 0.4) is 0 Å². The molecule has 0 saturated heterocycles. The number of hydrogen-bond acceptors (Lipinski definition) is 7. The molecule has 0 bridgehead atoms. The van der Waals surface area contributed by atoms with E-state index in [-0.39, 0.29) is 5.56 Å². The third-order valence-corrected chi connectivity index (χ3v) is 9.26. The van der Waals surface area contributed by atoms with Gasteiger partial charge in [0.15, 0.2) is 0 Å². The number of ether oxygens (including phenoxy) is 1. The van der Waals surface area contributed by atoms with Gasteiger partial charge in [-0.2, -0.15) is 0 Å². The molecule has 0 aliphatic heterocycles. The summed E-state index contributed by atoms with van der Waals surface area (Å²) in [6.07, 6.45) is 5.19. The lowest BCUT2D eigenvalue weighted by atomic mass is 9.79. The molecule has 2 aliphatic carbocycles. The number of carboxylic acids is 1. The molecule has 0 amide bonds. The number of hydrogen-bond donors (Lipinski definition) is 2. The number of aliphatic hydroxyl groups is 1. The standard InChI is InChI=1S/C30H32N2O5S/c1-17-4-3-5-18(2)25(17)26-22(27(37-32-26)20-6-7-20)16-36-15-19-10-12-30(35,13-11-19)29-31-23-9-8-21(28(33)34)14-24(23)38-29/h3-5,8-9,14,19-20,35H,6-7,10-13,15-16H2,1-2H3,(H,33,34). The second-order valence-electron chi connectivity index (χ2n) is 10.9. The van der Waals surface area contributed by atoms with Crippen LogP contribution in [0.2, 0.25) is 0 Å².